The fraction of sp³-hybridized carbons (Fsp3) is 0.241. The van der Waals surface area contributed by atoms with Crippen molar-refractivity contribution < 1.29 is 40.2 Å². The zero-order valence-corrected chi connectivity index (χ0v) is 21.0. The Kier molecular flexibility index (Phi) is 6.15. The standard InChI is InChI=1S/C29H28O8/c1-11(2)15-7-14-8-17(24(32)18(9-30)22(14)29(37)25(15)33)21-13(5)6-16-20(12(3)4)28(36)26(34)19(10-31)23(16)27(21)35/h6-12,32-37H,1-5H3. The van der Waals surface area contributed by atoms with Gasteiger partial charge < -0.3 is 30.6 Å². The molecule has 0 bridgehead atoms. The molecular formula is C29H28O8. The van der Waals surface area contributed by atoms with Crippen LogP contribution in [-0.2, 0) is 0 Å². The fourth-order valence-corrected chi connectivity index (χ4v) is 5.16. The number of phenols is 6. The van der Waals surface area contributed by atoms with Gasteiger partial charge in [-0.2, -0.15) is 0 Å². The highest BCUT2D eigenvalue weighted by atomic mass is 16.3. The number of fused-ring (bicyclic) bond motifs is 2. The van der Waals surface area contributed by atoms with Crippen LogP contribution in [0.1, 0.15) is 76.9 Å². The molecule has 37 heavy (non-hydrogen) atoms. The molecule has 0 unspecified atom stereocenters. The molecule has 0 aromatic heterocycles. The van der Waals surface area contributed by atoms with Crippen molar-refractivity contribution in [3.05, 3.63) is 46.0 Å². The number of benzene rings is 4. The minimum absolute atomic E-state index is 0.0156. The highest BCUT2D eigenvalue weighted by Crippen LogP contribution is 2.52. The van der Waals surface area contributed by atoms with E-state index in [0.717, 1.165) is 0 Å². The Bertz CT molecular complexity index is 1630. The van der Waals surface area contributed by atoms with E-state index in [4.69, 9.17) is 0 Å². The Balaban J connectivity index is 2.23. The molecule has 6 N–H and O–H groups in total. The molecular weight excluding hydrogens is 476 g/mol. The van der Waals surface area contributed by atoms with Gasteiger partial charge in [0.25, 0.3) is 0 Å². The molecule has 4 aromatic rings. The number of aromatic hydroxyl groups is 6. The normalized spacial score (nSPS) is 11.6. The van der Waals surface area contributed by atoms with Crippen LogP contribution in [0.25, 0.3) is 32.7 Å². The monoisotopic (exact) mass is 504 g/mol. The Morgan fingerprint density at radius 3 is 1.78 bits per heavy atom. The van der Waals surface area contributed by atoms with E-state index in [1.807, 2.05) is 13.8 Å². The number of aryl methyl sites for hydroxylation is 1. The number of aldehydes is 2. The number of carbonyl (C=O) groups is 2. The van der Waals surface area contributed by atoms with Crippen LogP contribution in [-0.4, -0.2) is 43.2 Å². The lowest BCUT2D eigenvalue weighted by atomic mass is 9.85. The molecule has 192 valence electrons. The molecule has 0 aliphatic rings. The summed E-state index contributed by atoms with van der Waals surface area (Å²) in [7, 11) is 0. The summed E-state index contributed by atoms with van der Waals surface area (Å²) in [6.45, 7) is 8.86. The molecule has 0 aliphatic heterocycles. The maximum absolute atomic E-state index is 12.1. The molecule has 0 spiro atoms. The SMILES string of the molecule is Cc1cc2c(C(C)C)c(O)c(O)c(C=O)c2c(O)c1-c1cc2cc(C(C)C)c(O)c(O)c2c(C=O)c1O. The Hall–Kier alpha value is -4.46. The van der Waals surface area contributed by atoms with Gasteiger partial charge in [-0.05, 0) is 47.2 Å². The van der Waals surface area contributed by atoms with Crippen LogP contribution in [0.2, 0.25) is 0 Å². The molecule has 4 aromatic carbocycles. The van der Waals surface area contributed by atoms with Gasteiger partial charge in [0.15, 0.2) is 35.6 Å². The average Bonchev–Trinajstić information content (AvgIpc) is 2.83. The summed E-state index contributed by atoms with van der Waals surface area (Å²) in [5.74, 6) is -3.51. The summed E-state index contributed by atoms with van der Waals surface area (Å²) in [6.07, 6.45) is 0.674. The van der Waals surface area contributed by atoms with E-state index in [0.29, 0.717) is 40.0 Å². The molecule has 0 saturated heterocycles. The van der Waals surface area contributed by atoms with Crippen LogP contribution in [0, 0.1) is 6.92 Å². The van der Waals surface area contributed by atoms with E-state index in [1.165, 1.54) is 6.07 Å². The predicted molar refractivity (Wildman–Crippen MR) is 141 cm³/mol. The fourth-order valence-electron chi connectivity index (χ4n) is 5.16. The molecule has 0 heterocycles. The van der Waals surface area contributed by atoms with Crippen molar-refractivity contribution in [3.63, 3.8) is 0 Å². The van der Waals surface area contributed by atoms with Gasteiger partial charge in [-0.1, -0.05) is 33.8 Å². The van der Waals surface area contributed by atoms with Crippen molar-refractivity contribution in [2.45, 2.75) is 46.5 Å². The van der Waals surface area contributed by atoms with Gasteiger partial charge in [0, 0.05) is 33.0 Å². The summed E-state index contributed by atoms with van der Waals surface area (Å²) in [5, 5.41) is 65.5. The van der Waals surface area contributed by atoms with Crippen molar-refractivity contribution in [2.75, 3.05) is 0 Å². The lowest BCUT2D eigenvalue weighted by Gasteiger charge is -2.21. The van der Waals surface area contributed by atoms with Crippen LogP contribution in [0.4, 0.5) is 0 Å². The Labute approximate surface area is 212 Å². The maximum Gasteiger partial charge on any atom is 0.169 e. The van der Waals surface area contributed by atoms with E-state index in [-0.39, 0.29) is 44.9 Å². The maximum atomic E-state index is 12.1. The number of phenolic OH excluding ortho intramolecular Hbond substituents is 6. The average molecular weight is 505 g/mol. The molecule has 0 fully saturated rings. The topological polar surface area (TPSA) is 156 Å². The van der Waals surface area contributed by atoms with Crippen LogP contribution in [0.5, 0.6) is 34.5 Å². The predicted octanol–water partition coefficient (Wildman–Crippen LogP) is 6.07. The number of carbonyl (C=O) groups excluding carboxylic acids is 2. The second-order valence-corrected chi connectivity index (χ2v) is 9.86. The quantitative estimate of drug-likeness (QED) is 0.141. The highest BCUT2D eigenvalue weighted by molar-refractivity contribution is 6.13. The number of hydrogen-bond donors (Lipinski definition) is 6. The van der Waals surface area contributed by atoms with Crippen molar-refractivity contribution in [1.29, 1.82) is 0 Å². The zero-order chi connectivity index (χ0) is 27.5. The summed E-state index contributed by atoms with van der Waals surface area (Å²) >= 11 is 0. The molecule has 0 amide bonds. The summed E-state index contributed by atoms with van der Waals surface area (Å²) in [5.41, 5.74) is 0.730. The van der Waals surface area contributed by atoms with Gasteiger partial charge in [0.05, 0.1) is 11.1 Å². The number of hydrogen-bond acceptors (Lipinski definition) is 8. The zero-order valence-electron chi connectivity index (χ0n) is 21.0. The molecule has 0 atom stereocenters. The van der Waals surface area contributed by atoms with Gasteiger partial charge in [-0.15, -0.1) is 0 Å². The first kappa shape index (κ1) is 25.6. The largest absolute Gasteiger partial charge is 0.507 e. The summed E-state index contributed by atoms with van der Waals surface area (Å²) < 4.78 is 0. The van der Waals surface area contributed by atoms with Gasteiger partial charge in [0.2, 0.25) is 0 Å². The molecule has 8 heteroatoms. The highest BCUT2D eigenvalue weighted by Gasteiger charge is 2.28. The van der Waals surface area contributed by atoms with Crippen molar-refractivity contribution in [1.82, 2.24) is 0 Å². The molecule has 0 radical (unpaired) electrons. The Morgan fingerprint density at radius 2 is 1.24 bits per heavy atom. The van der Waals surface area contributed by atoms with Gasteiger partial charge >= 0.3 is 0 Å². The van der Waals surface area contributed by atoms with Gasteiger partial charge in [-0.25, -0.2) is 0 Å². The second-order valence-electron chi connectivity index (χ2n) is 9.86. The first-order chi connectivity index (χ1) is 17.4. The van der Waals surface area contributed by atoms with Gasteiger partial charge in [0.1, 0.15) is 11.5 Å². The van der Waals surface area contributed by atoms with E-state index >= 15 is 0 Å². The second kappa shape index (κ2) is 8.89. The molecule has 0 saturated carbocycles. The van der Waals surface area contributed by atoms with Crippen molar-refractivity contribution in [2.24, 2.45) is 0 Å². The smallest absolute Gasteiger partial charge is 0.169 e. The lowest BCUT2D eigenvalue weighted by molar-refractivity contribution is 0.111. The van der Waals surface area contributed by atoms with E-state index < -0.39 is 34.5 Å². The summed E-state index contributed by atoms with van der Waals surface area (Å²) in [4.78, 5) is 24.0. The third-order valence-electron chi connectivity index (χ3n) is 6.91. The molecule has 4 rings (SSSR count). The molecule has 8 nitrogen and oxygen atoms in total. The third kappa shape index (κ3) is 3.59. The van der Waals surface area contributed by atoms with E-state index in [9.17, 15) is 40.2 Å². The van der Waals surface area contributed by atoms with Gasteiger partial charge in [-0.3, -0.25) is 9.59 Å². The van der Waals surface area contributed by atoms with Crippen molar-refractivity contribution >= 4 is 34.1 Å². The minimum atomic E-state index is -0.672. The molecule has 0 aliphatic carbocycles. The first-order valence-corrected chi connectivity index (χ1v) is 11.8. The third-order valence-corrected chi connectivity index (χ3v) is 6.91. The summed E-state index contributed by atoms with van der Waals surface area (Å²) in [6, 6.07) is 4.70. The first-order valence-electron chi connectivity index (χ1n) is 11.8. The number of rotatable bonds is 5. The van der Waals surface area contributed by atoms with E-state index in [2.05, 4.69) is 0 Å². The minimum Gasteiger partial charge on any atom is -0.507 e. The van der Waals surface area contributed by atoms with Crippen LogP contribution in [0.3, 0.4) is 0 Å². The van der Waals surface area contributed by atoms with Crippen LogP contribution in [0.15, 0.2) is 18.2 Å². The Morgan fingerprint density at radius 1 is 0.649 bits per heavy atom. The van der Waals surface area contributed by atoms with E-state index in [1.54, 1.807) is 32.9 Å². The van der Waals surface area contributed by atoms with Crippen molar-refractivity contribution in [3.8, 4) is 45.6 Å². The lowest BCUT2D eigenvalue weighted by Crippen LogP contribution is -1.99. The van der Waals surface area contributed by atoms with Crippen LogP contribution >= 0.6 is 0 Å². The van der Waals surface area contributed by atoms with Crippen LogP contribution < -0.4 is 0 Å².